The van der Waals surface area contributed by atoms with Crippen molar-refractivity contribution in [1.29, 1.82) is 0 Å². The summed E-state index contributed by atoms with van der Waals surface area (Å²) in [6.07, 6.45) is 1.51. The van der Waals surface area contributed by atoms with E-state index in [1.54, 1.807) is 0 Å². The van der Waals surface area contributed by atoms with E-state index >= 15 is 0 Å². The van der Waals surface area contributed by atoms with Crippen molar-refractivity contribution in [2.24, 2.45) is 23.5 Å². The van der Waals surface area contributed by atoms with Gasteiger partial charge in [-0.05, 0) is 18.8 Å². The van der Waals surface area contributed by atoms with Crippen molar-refractivity contribution in [2.45, 2.75) is 18.4 Å². The quantitative estimate of drug-likeness (QED) is 0.636. The van der Waals surface area contributed by atoms with Crippen LogP contribution in [-0.4, -0.2) is 31.7 Å². The molecule has 0 aliphatic heterocycles. The Kier molecular flexibility index (Phi) is 2.22. The highest BCUT2D eigenvalue weighted by atomic mass is 16.5. The summed E-state index contributed by atoms with van der Waals surface area (Å²) in [6, 6.07) is 0. The smallest absolute Gasteiger partial charge is 0.310 e. The Morgan fingerprint density at radius 1 is 1.20 bits per heavy atom. The van der Waals surface area contributed by atoms with Gasteiger partial charge in [-0.15, -0.1) is 0 Å². The van der Waals surface area contributed by atoms with E-state index in [2.05, 4.69) is 9.47 Å². The number of hydrogen-bond donors (Lipinski definition) is 1. The minimum Gasteiger partial charge on any atom is -0.469 e. The number of rotatable bonds is 2. The van der Waals surface area contributed by atoms with Crippen LogP contribution < -0.4 is 5.73 Å². The molecule has 2 aliphatic carbocycles. The fourth-order valence-electron chi connectivity index (χ4n) is 2.95. The van der Waals surface area contributed by atoms with Gasteiger partial charge in [0.1, 0.15) is 0 Å². The first kappa shape index (κ1) is 10.4. The number of fused-ring (bicyclic) bond motifs is 1. The lowest BCUT2D eigenvalue weighted by atomic mass is 9.95. The van der Waals surface area contributed by atoms with E-state index in [0.29, 0.717) is 6.42 Å². The molecule has 0 bridgehead atoms. The van der Waals surface area contributed by atoms with Gasteiger partial charge in [-0.1, -0.05) is 0 Å². The first-order valence-electron chi connectivity index (χ1n) is 5.01. The molecule has 0 spiro atoms. The number of nitrogens with two attached hydrogens (primary N) is 1. The van der Waals surface area contributed by atoms with E-state index in [1.165, 1.54) is 14.2 Å². The predicted octanol–water partition coefficient (Wildman–Crippen LogP) is -0.314. The van der Waals surface area contributed by atoms with Crippen molar-refractivity contribution in [2.75, 3.05) is 14.2 Å². The lowest BCUT2D eigenvalue weighted by Crippen LogP contribution is -2.40. The highest BCUT2D eigenvalue weighted by Crippen LogP contribution is 2.62. The molecule has 5 heteroatoms. The third-order valence-corrected chi connectivity index (χ3v) is 3.78. The summed E-state index contributed by atoms with van der Waals surface area (Å²) in [4.78, 5) is 22.9. The molecule has 0 aromatic heterocycles. The number of ether oxygens (including phenoxy) is 2. The number of methoxy groups -OCH3 is 2. The number of carbonyl (C=O) groups excluding carboxylic acids is 2. The average Bonchev–Trinajstić information content (AvgIpc) is 2.69. The molecule has 2 aliphatic rings. The molecule has 84 valence electrons. The van der Waals surface area contributed by atoms with E-state index in [1.807, 2.05) is 0 Å². The van der Waals surface area contributed by atoms with Gasteiger partial charge >= 0.3 is 11.9 Å². The third kappa shape index (κ3) is 1.19. The summed E-state index contributed by atoms with van der Waals surface area (Å²) in [6.45, 7) is 0. The predicted molar refractivity (Wildman–Crippen MR) is 50.7 cm³/mol. The van der Waals surface area contributed by atoms with E-state index in [9.17, 15) is 9.59 Å². The highest BCUT2D eigenvalue weighted by Gasteiger charge is 2.74. The van der Waals surface area contributed by atoms with Crippen LogP contribution in [0.2, 0.25) is 0 Å². The Morgan fingerprint density at radius 3 is 2.33 bits per heavy atom. The maximum Gasteiger partial charge on any atom is 0.310 e. The average molecular weight is 213 g/mol. The van der Waals surface area contributed by atoms with Crippen molar-refractivity contribution in [3.05, 3.63) is 0 Å². The van der Waals surface area contributed by atoms with Gasteiger partial charge in [-0.25, -0.2) is 0 Å². The van der Waals surface area contributed by atoms with Crippen LogP contribution in [0.15, 0.2) is 0 Å². The largest absolute Gasteiger partial charge is 0.469 e. The molecule has 2 N–H and O–H groups in total. The summed E-state index contributed by atoms with van der Waals surface area (Å²) in [5.74, 6) is -1.20. The lowest BCUT2D eigenvalue weighted by molar-refractivity contribution is -0.148. The van der Waals surface area contributed by atoms with E-state index < -0.39 is 5.54 Å². The van der Waals surface area contributed by atoms with Crippen molar-refractivity contribution in [3.63, 3.8) is 0 Å². The van der Waals surface area contributed by atoms with E-state index in [4.69, 9.17) is 5.73 Å². The van der Waals surface area contributed by atoms with Crippen LogP contribution in [0.3, 0.4) is 0 Å². The first-order valence-corrected chi connectivity index (χ1v) is 5.01. The third-order valence-electron chi connectivity index (χ3n) is 3.78. The standard InChI is InChI=1S/C10H15NO4/c1-14-8(12)6-4-3-5-7(9(13)15-2)10(5,6)11/h5-7H,3-4,11H2,1-2H3. The molecule has 0 aromatic carbocycles. The first-order chi connectivity index (χ1) is 7.07. The monoisotopic (exact) mass is 213 g/mol. The van der Waals surface area contributed by atoms with Crippen molar-refractivity contribution < 1.29 is 19.1 Å². The molecule has 0 saturated heterocycles. The molecule has 4 unspecified atom stereocenters. The van der Waals surface area contributed by atoms with E-state index in [-0.39, 0.29) is 29.7 Å². The summed E-state index contributed by atoms with van der Waals surface area (Å²) < 4.78 is 9.35. The van der Waals surface area contributed by atoms with Gasteiger partial charge in [-0.3, -0.25) is 9.59 Å². The zero-order chi connectivity index (χ0) is 11.2. The molecular weight excluding hydrogens is 198 g/mol. The Morgan fingerprint density at radius 2 is 1.80 bits per heavy atom. The van der Waals surface area contributed by atoms with Gasteiger partial charge in [-0.2, -0.15) is 0 Å². The zero-order valence-corrected chi connectivity index (χ0v) is 8.86. The Bertz CT molecular complexity index is 317. The molecule has 15 heavy (non-hydrogen) atoms. The fourth-order valence-corrected chi connectivity index (χ4v) is 2.95. The second-order valence-electron chi connectivity index (χ2n) is 4.26. The van der Waals surface area contributed by atoms with Gasteiger partial charge in [0.15, 0.2) is 0 Å². The summed E-state index contributed by atoms with van der Waals surface area (Å²) in [7, 11) is 2.68. The molecular formula is C10H15NO4. The fraction of sp³-hybridized carbons (Fsp3) is 0.800. The van der Waals surface area contributed by atoms with Gasteiger partial charge in [0.25, 0.3) is 0 Å². The molecule has 0 amide bonds. The summed E-state index contributed by atoms with van der Waals surface area (Å²) in [5.41, 5.74) is 5.38. The molecule has 2 saturated carbocycles. The van der Waals surface area contributed by atoms with Gasteiger partial charge in [0.2, 0.25) is 0 Å². The van der Waals surface area contributed by atoms with Crippen LogP contribution in [-0.2, 0) is 19.1 Å². The Balaban J connectivity index is 2.14. The van der Waals surface area contributed by atoms with Crippen LogP contribution in [0.4, 0.5) is 0 Å². The van der Waals surface area contributed by atoms with Crippen LogP contribution in [0, 0.1) is 17.8 Å². The lowest BCUT2D eigenvalue weighted by Gasteiger charge is -2.18. The maximum absolute atomic E-state index is 11.5. The van der Waals surface area contributed by atoms with Crippen LogP contribution >= 0.6 is 0 Å². The number of hydrogen-bond acceptors (Lipinski definition) is 5. The molecule has 0 radical (unpaired) electrons. The second kappa shape index (κ2) is 3.20. The van der Waals surface area contributed by atoms with Crippen molar-refractivity contribution >= 4 is 11.9 Å². The Hall–Kier alpha value is -1.10. The SMILES string of the molecule is COC(=O)C1CCC2C(C(=O)OC)C12N. The normalized spacial score (nSPS) is 41.9. The van der Waals surface area contributed by atoms with Gasteiger partial charge < -0.3 is 15.2 Å². The summed E-state index contributed by atoms with van der Waals surface area (Å²) in [5, 5.41) is 0. The van der Waals surface area contributed by atoms with Crippen molar-refractivity contribution in [3.8, 4) is 0 Å². The molecule has 0 heterocycles. The maximum atomic E-state index is 11.5. The number of esters is 2. The van der Waals surface area contributed by atoms with Crippen LogP contribution in [0.25, 0.3) is 0 Å². The molecule has 2 rings (SSSR count). The number of carbonyl (C=O) groups is 2. The minimum atomic E-state index is -0.708. The minimum absolute atomic E-state index is 0.0917. The van der Waals surface area contributed by atoms with Crippen molar-refractivity contribution in [1.82, 2.24) is 0 Å². The van der Waals surface area contributed by atoms with Gasteiger partial charge in [0.05, 0.1) is 26.1 Å². The second-order valence-corrected chi connectivity index (χ2v) is 4.26. The zero-order valence-electron chi connectivity index (χ0n) is 8.86. The topological polar surface area (TPSA) is 78.6 Å². The van der Waals surface area contributed by atoms with Crippen LogP contribution in [0.5, 0.6) is 0 Å². The highest BCUT2D eigenvalue weighted by molar-refractivity contribution is 5.84. The summed E-state index contributed by atoms with van der Waals surface area (Å²) >= 11 is 0. The molecule has 5 nitrogen and oxygen atoms in total. The molecule has 2 fully saturated rings. The molecule has 4 atom stereocenters. The Labute approximate surface area is 87.9 Å². The van der Waals surface area contributed by atoms with Gasteiger partial charge in [0, 0.05) is 5.54 Å². The molecule has 0 aromatic rings. The van der Waals surface area contributed by atoms with E-state index in [0.717, 1.165) is 6.42 Å². The van der Waals surface area contributed by atoms with Crippen LogP contribution in [0.1, 0.15) is 12.8 Å².